The maximum atomic E-state index is 6.18. The van der Waals surface area contributed by atoms with Crippen molar-refractivity contribution in [1.29, 1.82) is 0 Å². The van der Waals surface area contributed by atoms with E-state index in [2.05, 4.69) is 43.6 Å². The third kappa shape index (κ3) is 4.15. The van der Waals surface area contributed by atoms with Crippen molar-refractivity contribution in [3.8, 4) is 5.75 Å². The molecule has 0 spiro atoms. The monoisotopic (exact) mass is 333 g/mol. The summed E-state index contributed by atoms with van der Waals surface area (Å²) in [4.78, 5) is 0. The Kier molecular flexibility index (Phi) is 5.50. The minimum atomic E-state index is -0.0684. The molecule has 1 rings (SSSR count). The molecule has 1 aromatic rings. The molecule has 2 atom stereocenters. The van der Waals surface area contributed by atoms with Crippen molar-refractivity contribution in [2.75, 3.05) is 0 Å². The summed E-state index contributed by atoms with van der Waals surface area (Å²) in [5.41, 5.74) is 6.12. The first-order chi connectivity index (χ1) is 8.25. The van der Waals surface area contributed by atoms with Crippen LogP contribution in [-0.4, -0.2) is 12.1 Å². The lowest BCUT2D eigenvalue weighted by Gasteiger charge is -2.35. The van der Waals surface area contributed by atoms with E-state index in [1.54, 1.807) is 0 Å². The fourth-order valence-electron chi connectivity index (χ4n) is 1.83. The zero-order valence-electron chi connectivity index (χ0n) is 11.3. The summed E-state index contributed by atoms with van der Waals surface area (Å²) in [7, 11) is 0. The van der Waals surface area contributed by atoms with Gasteiger partial charge in [-0.1, -0.05) is 55.2 Å². The predicted molar refractivity (Wildman–Crippen MR) is 81.3 cm³/mol. The molecule has 0 amide bonds. The first kappa shape index (κ1) is 15.8. The summed E-state index contributed by atoms with van der Waals surface area (Å²) in [5.74, 6) is 0.684. The Balaban J connectivity index is 2.96. The summed E-state index contributed by atoms with van der Waals surface area (Å²) in [6.45, 7) is 8.44. The van der Waals surface area contributed by atoms with Gasteiger partial charge >= 0.3 is 0 Å². The van der Waals surface area contributed by atoms with Crippen LogP contribution in [0.25, 0.3) is 0 Å². The lowest BCUT2D eigenvalue weighted by atomic mass is 9.84. The highest BCUT2D eigenvalue weighted by Gasteiger charge is 2.31. The highest BCUT2D eigenvalue weighted by Crippen LogP contribution is 2.33. The third-order valence-corrected chi connectivity index (χ3v) is 3.65. The van der Waals surface area contributed by atoms with Crippen molar-refractivity contribution in [3.63, 3.8) is 0 Å². The van der Waals surface area contributed by atoms with E-state index in [0.29, 0.717) is 10.8 Å². The molecule has 0 radical (unpaired) electrons. The number of ether oxygens (including phenoxy) is 1. The van der Waals surface area contributed by atoms with Crippen molar-refractivity contribution >= 4 is 27.5 Å². The number of hydrogen-bond donors (Lipinski definition) is 1. The molecule has 0 aliphatic rings. The topological polar surface area (TPSA) is 35.2 Å². The van der Waals surface area contributed by atoms with Crippen LogP contribution >= 0.6 is 27.5 Å². The van der Waals surface area contributed by atoms with Crippen LogP contribution in [0, 0.1) is 5.41 Å². The van der Waals surface area contributed by atoms with E-state index >= 15 is 0 Å². The quantitative estimate of drug-likeness (QED) is 0.871. The molecular weight excluding hydrogens is 314 g/mol. The second-order valence-corrected chi connectivity index (χ2v) is 6.87. The zero-order valence-corrected chi connectivity index (χ0v) is 13.7. The van der Waals surface area contributed by atoms with Crippen LogP contribution < -0.4 is 10.5 Å². The fraction of sp³-hybridized carbons (Fsp3) is 0.571. The van der Waals surface area contributed by atoms with Crippen molar-refractivity contribution in [1.82, 2.24) is 0 Å². The summed E-state index contributed by atoms with van der Waals surface area (Å²) in [6, 6.07) is 5.60. The van der Waals surface area contributed by atoms with Gasteiger partial charge in [-0.05, 0) is 24.6 Å². The van der Waals surface area contributed by atoms with E-state index in [1.165, 1.54) is 0 Å². The Hall–Kier alpha value is -0.250. The zero-order chi connectivity index (χ0) is 13.9. The SMILES string of the molecule is CCC(N)C(Oc1ccc(Br)cc1Cl)C(C)(C)C. The molecule has 0 aliphatic heterocycles. The van der Waals surface area contributed by atoms with Gasteiger partial charge in [-0.25, -0.2) is 0 Å². The molecular formula is C14H21BrClNO. The van der Waals surface area contributed by atoms with Crippen molar-refractivity contribution < 1.29 is 4.74 Å². The van der Waals surface area contributed by atoms with Crippen LogP contribution in [0.2, 0.25) is 5.02 Å². The maximum absolute atomic E-state index is 6.18. The molecule has 18 heavy (non-hydrogen) atoms. The van der Waals surface area contributed by atoms with E-state index < -0.39 is 0 Å². The van der Waals surface area contributed by atoms with E-state index in [-0.39, 0.29) is 17.6 Å². The summed E-state index contributed by atoms with van der Waals surface area (Å²) in [6.07, 6.45) is 0.803. The molecule has 0 aliphatic carbocycles. The minimum Gasteiger partial charge on any atom is -0.487 e. The van der Waals surface area contributed by atoms with E-state index in [9.17, 15) is 0 Å². The van der Waals surface area contributed by atoms with Crippen molar-refractivity contribution in [2.24, 2.45) is 11.1 Å². The maximum Gasteiger partial charge on any atom is 0.138 e. The van der Waals surface area contributed by atoms with Crippen LogP contribution in [0.15, 0.2) is 22.7 Å². The first-order valence-corrected chi connectivity index (χ1v) is 7.30. The van der Waals surface area contributed by atoms with Gasteiger partial charge in [0.25, 0.3) is 0 Å². The first-order valence-electron chi connectivity index (χ1n) is 6.13. The molecule has 2 unspecified atom stereocenters. The summed E-state index contributed by atoms with van der Waals surface area (Å²) in [5, 5.41) is 0.599. The second-order valence-electron chi connectivity index (χ2n) is 5.55. The van der Waals surface area contributed by atoms with Gasteiger partial charge in [-0.2, -0.15) is 0 Å². The molecule has 1 aromatic carbocycles. The molecule has 0 fully saturated rings. The smallest absolute Gasteiger partial charge is 0.138 e. The Morgan fingerprint density at radius 3 is 2.44 bits per heavy atom. The van der Waals surface area contributed by atoms with Crippen molar-refractivity contribution in [2.45, 2.75) is 46.3 Å². The molecule has 4 heteroatoms. The van der Waals surface area contributed by atoms with Crippen molar-refractivity contribution in [3.05, 3.63) is 27.7 Å². The number of benzene rings is 1. The lowest BCUT2D eigenvalue weighted by molar-refractivity contribution is 0.0622. The number of nitrogens with two attached hydrogens (primary N) is 1. The molecule has 2 nitrogen and oxygen atoms in total. The average Bonchev–Trinajstić information content (AvgIpc) is 2.25. The predicted octanol–water partition coefficient (Wildman–Crippen LogP) is 4.63. The number of halogens is 2. The van der Waals surface area contributed by atoms with Crippen LogP contribution in [0.1, 0.15) is 34.1 Å². The van der Waals surface area contributed by atoms with Gasteiger partial charge in [-0.3, -0.25) is 0 Å². The largest absolute Gasteiger partial charge is 0.487 e. The average molecular weight is 335 g/mol. The van der Waals surface area contributed by atoms with Gasteiger partial charge in [0, 0.05) is 15.9 Å². The molecule has 0 heterocycles. The standard InChI is InChI=1S/C14H21BrClNO/c1-5-11(17)13(14(2,3)4)18-12-7-6-9(15)8-10(12)16/h6-8,11,13H,5,17H2,1-4H3. The Morgan fingerprint density at radius 1 is 1.39 bits per heavy atom. The van der Waals surface area contributed by atoms with Gasteiger partial charge in [0.2, 0.25) is 0 Å². The van der Waals surface area contributed by atoms with Gasteiger partial charge in [0.05, 0.1) is 5.02 Å². The van der Waals surface area contributed by atoms with Gasteiger partial charge in [0.1, 0.15) is 11.9 Å². The van der Waals surface area contributed by atoms with Crippen LogP contribution in [-0.2, 0) is 0 Å². The normalized spacial score (nSPS) is 15.3. The van der Waals surface area contributed by atoms with Crippen LogP contribution in [0.5, 0.6) is 5.75 Å². The number of rotatable bonds is 4. The van der Waals surface area contributed by atoms with E-state index in [4.69, 9.17) is 22.1 Å². The molecule has 0 aromatic heterocycles. The summed E-state index contributed by atoms with van der Waals surface area (Å²) < 4.78 is 6.98. The minimum absolute atomic E-state index is 0.00952. The third-order valence-electron chi connectivity index (χ3n) is 2.86. The second kappa shape index (κ2) is 6.27. The highest BCUT2D eigenvalue weighted by atomic mass is 79.9. The Bertz CT molecular complexity index is 403. The molecule has 102 valence electrons. The van der Waals surface area contributed by atoms with E-state index in [1.807, 2.05) is 18.2 Å². The Morgan fingerprint density at radius 2 is 2.00 bits per heavy atom. The fourth-order valence-corrected chi connectivity index (χ4v) is 2.55. The van der Waals surface area contributed by atoms with Gasteiger partial charge in [0.15, 0.2) is 0 Å². The molecule has 2 N–H and O–H groups in total. The molecule has 0 saturated heterocycles. The lowest BCUT2D eigenvalue weighted by Crippen LogP contribution is -2.47. The Labute approximate surface area is 123 Å². The van der Waals surface area contributed by atoms with E-state index in [0.717, 1.165) is 10.9 Å². The molecule has 0 bridgehead atoms. The highest BCUT2D eigenvalue weighted by molar-refractivity contribution is 9.10. The summed E-state index contributed by atoms with van der Waals surface area (Å²) >= 11 is 9.56. The van der Waals surface area contributed by atoms with Crippen LogP contribution in [0.3, 0.4) is 0 Å². The van der Waals surface area contributed by atoms with Gasteiger partial charge in [-0.15, -0.1) is 0 Å². The number of hydrogen-bond acceptors (Lipinski definition) is 2. The van der Waals surface area contributed by atoms with Gasteiger partial charge < -0.3 is 10.5 Å². The van der Waals surface area contributed by atoms with Crippen LogP contribution in [0.4, 0.5) is 0 Å². The molecule has 0 saturated carbocycles.